The van der Waals surface area contributed by atoms with E-state index in [1.165, 1.54) is 12.1 Å². The molecule has 1 heterocycles. The van der Waals surface area contributed by atoms with Crippen LogP contribution < -0.4 is 19.8 Å². The van der Waals surface area contributed by atoms with Gasteiger partial charge in [0.1, 0.15) is 0 Å². The van der Waals surface area contributed by atoms with Crippen molar-refractivity contribution in [1.82, 2.24) is 0 Å². The Bertz CT molecular complexity index is 1330. The predicted octanol–water partition coefficient (Wildman–Crippen LogP) is 5.14. The molecule has 3 aromatic rings. The number of hydrazone groups is 1. The molecule has 7 nitrogen and oxygen atoms in total. The summed E-state index contributed by atoms with van der Waals surface area (Å²) in [5.74, 6) is 0.416. The van der Waals surface area contributed by atoms with Gasteiger partial charge in [-0.25, -0.2) is 0 Å². The summed E-state index contributed by atoms with van der Waals surface area (Å²) in [5, 5.41) is 8.63. The number of rotatable bonds is 7. The second-order valence-corrected chi connectivity index (χ2v) is 8.24. The average Bonchev–Trinajstić information content (AvgIpc) is 3.14. The molecule has 7 heteroatoms. The molecule has 0 unspecified atom stereocenters. The fourth-order valence-corrected chi connectivity index (χ4v) is 3.65. The van der Waals surface area contributed by atoms with Gasteiger partial charge in [0.25, 0.3) is 11.8 Å². The molecule has 0 saturated carbocycles. The van der Waals surface area contributed by atoms with E-state index in [4.69, 9.17) is 9.47 Å². The van der Waals surface area contributed by atoms with E-state index < -0.39 is 0 Å². The molecular weight excluding hydrogens is 442 g/mol. The first-order valence-corrected chi connectivity index (χ1v) is 11.2. The number of nitrogens with one attached hydrogen (secondary N) is 1. The summed E-state index contributed by atoms with van der Waals surface area (Å²) < 4.78 is 11.2. The Kier molecular flexibility index (Phi) is 6.96. The van der Waals surface area contributed by atoms with Crippen LogP contribution >= 0.6 is 0 Å². The lowest BCUT2D eigenvalue weighted by molar-refractivity contribution is -0.118. The molecule has 1 N–H and O–H groups in total. The fourth-order valence-electron chi connectivity index (χ4n) is 3.65. The zero-order valence-electron chi connectivity index (χ0n) is 20.2. The number of carbonyl (C=O) groups excluding carboxylic acids is 2. The molecule has 0 spiro atoms. The molecule has 178 valence electrons. The van der Waals surface area contributed by atoms with Crippen LogP contribution in [-0.4, -0.2) is 31.2 Å². The quantitative estimate of drug-likeness (QED) is 0.486. The first kappa shape index (κ1) is 23.8. The normalized spacial score (nSPS) is 14.2. The highest BCUT2D eigenvalue weighted by atomic mass is 16.5. The van der Waals surface area contributed by atoms with E-state index >= 15 is 0 Å². The Morgan fingerprint density at radius 3 is 2.46 bits per heavy atom. The third-order valence-corrected chi connectivity index (χ3v) is 5.71. The van der Waals surface area contributed by atoms with Crippen LogP contribution in [0.3, 0.4) is 0 Å². The minimum absolute atomic E-state index is 0.167. The SMILES string of the molecule is COc1cc(/C=C2/C(=O)N(c3ccccc3)N=C2C)ccc1OCC(=O)Nc1ccc(C)c(C)c1. The van der Waals surface area contributed by atoms with Crippen LogP contribution in [0, 0.1) is 13.8 Å². The van der Waals surface area contributed by atoms with E-state index in [0.29, 0.717) is 28.5 Å². The van der Waals surface area contributed by atoms with E-state index in [2.05, 4.69) is 10.4 Å². The van der Waals surface area contributed by atoms with Gasteiger partial charge in [-0.15, -0.1) is 0 Å². The van der Waals surface area contributed by atoms with E-state index in [1.54, 1.807) is 31.2 Å². The van der Waals surface area contributed by atoms with Gasteiger partial charge in [-0.1, -0.05) is 30.3 Å². The minimum atomic E-state index is -0.272. The average molecular weight is 470 g/mol. The topological polar surface area (TPSA) is 80.2 Å². The third kappa shape index (κ3) is 5.41. The molecule has 1 aliphatic rings. The summed E-state index contributed by atoms with van der Waals surface area (Å²) in [7, 11) is 1.53. The van der Waals surface area contributed by atoms with Crippen molar-refractivity contribution in [3.05, 3.63) is 89.0 Å². The summed E-state index contributed by atoms with van der Waals surface area (Å²) in [6.07, 6.45) is 1.77. The zero-order chi connectivity index (χ0) is 24.9. The number of hydrogen-bond acceptors (Lipinski definition) is 5. The molecule has 0 radical (unpaired) electrons. The van der Waals surface area contributed by atoms with E-state index in [-0.39, 0.29) is 18.4 Å². The van der Waals surface area contributed by atoms with Gasteiger partial charge in [0.15, 0.2) is 18.1 Å². The van der Waals surface area contributed by atoms with Gasteiger partial charge < -0.3 is 14.8 Å². The summed E-state index contributed by atoms with van der Waals surface area (Å²) in [4.78, 5) is 25.3. The van der Waals surface area contributed by atoms with Crippen LogP contribution in [0.4, 0.5) is 11.4 Å². The Morgan fingerprint density at radius 1 is 0.971 bits per heavy atom. The number of carbonyl (C=O) groups is 2. The Labute approximate surface area is 204 Å². The monoisotopic (exact) mass is 469 g/mol. The van der Waals surface area contributed by atoms with E-state index in [9.17, 15) is 9.59 Å². The first-order valence-electron chi connectivity index (χ1n) is 11.2. The number of nitrogens with zero attached hydrogens (tertiary/aromatic N) is 2. The molecule has 0 bridgehead atoms. The van der Waals surface area contributed by atoms with Crippen LogP contribution in [0.1, 0.15) is 23.6 Å². The van der Waals surface area contributed by atoms with Crippen LogP contribution in [0.25, 0.3) is 6.08 Å². The second kappa shape index (κ2) is 10.3. The van der Waals surface area contributed by atoms with Crippen LogP contribution in [-0.2, 0) is 9.59 Å². The molecular formula is C28H27N3O4. The zero-order valence-corrected chi connectivity index (χ0v) is 20.2. The number of aryl methyl sites for hydroxylation is 2. The number of anilines is 2. The summed E-state index contributed by atoms with van der Waals surface area (Å²) in [5.41, 5.74) is 5.56. The van der Waals surface area contributed by atoms with Crippen molar-refractivity contribution in [3.63, 3.8) is 0 Å². The van der Waals surface area contributed by atoms with Gasteiger partial charge in [0.2, 0.25) is 0 Å². The lowest BCUT2D eigenvalue weighted by atomic mass is 10.1. The van der Waals surface area contributed by atoms with Gasteiger partial charge in [-0.2, -0.15) is 10.1 Å². The lowest BCUT2D eigenvalue weighted by Crippen LogP contribution is -2.21. The second-order valence-electron chi connectivity index (χ2n) is 8.24. The standard InChI is InChI=1S/C28H27N3O4/c1-18-10-12-22(14-19(18)2)29-27(32)17-35-25-13-11-21(16-26(25)34-4)15-24-20(3)30-31(28(24)33)23-8-6-5-7-9-23/h5-16H,17H2,1-4H3,(H,29,32)/b24-15+. The van der Waals surface area contributed by atoms with Gasteiger partial charge in [-0.3, -0.25) is 9.59 Å². The molecule has 0 fully saturated rings. The van der Waals surface area contributed by atoms with Crippen LogP contribution in [0.15, 0.2) is 77.4 Å². The predicted molar refractivity (Wildman–Crippen MR) is 138 cm³/mol. The third-order valence-electron chi connectivity index (χ3n) is 5.71. The summed E-state index contributed by atoms with van der Waals surface area (Å²) in [6, 6.07) is 20.3. The highest BCUT2D eigenvalue weighted by Crippen LogP contribution is 2.30. The Morgan fingerprint density at radius 2 is 1.74 bits per heavy atom. The smallest absolute Gasteiger partial charge is 0.280 e. The highest BCUT2D eigenvalue weighted by Gasteiger charge is 2.28. The fraction of sp³-hybridized carbons (Fsp3) is 0.179. The van der Waals surface area contributed by atoms with Crippen molar-refractivity contribution >= 4 is 35.0 Å². The van der Waals surface area contributed by atoms with E-state index in [0.717, 1.165) is 22.4 Å². The maximum atomic E-state index is 13.0. The summed E-state index contributed by atoms with van der Waals surface area (Å²) >= 11 is 0. The molecule has 35 heavy (non-hydrogen) atoms. The largest absolute Gasteiger partial charge is 0.493 e. The van der Waals surface area contributed by atoms with Crippen LogP contribution in [0.5, 0.6) is 11.5 Å². The maximum absolute atomic E-state index is 13.0. The van der Waals surface area contributed by atoms with Gasteiger partial charge in [0, 0.05) is 5.69 Å². The molecule has 0 atom stereocenters. The van der Waals surface area contributed by atoms with Crippen molar-refractivity contribution in [2.75, 3.05) is 24.0 Å². The number of ether oxygens (including phenoxy) is 2. The van der Waals surface area contributed by atoms with Crippen molar-refractivity contribution in [2.24, 2.45) is 5.10 Å². The molecule has 3 aromatic carbocycles. The van der Waals surface area contributed by atoms with Gasteiger partial charge in [0.05, 0.1) is 24.1 Å². The van der Waals surface area contributed by atoms with Crippen molar-refractivity contribution in [3.8, 4) is 11.5 Å². The van der Waals surface area contributed by atoms with Gasteiger partial charge >= 0.3 is 0 Å². The van der Waals surface area contributed by atoms with Crippen molar-refractivity contribution in [1.29, 1.82) is 0 Å². The summed E-state index contributed by atoms with van der Waals surface area (Å²) in [6.45, 7) is 5.65. The molecule has 0 aliphatic carbocycles. The molecule has 0 saturated heterocycles. The Hall–Kier alpha value is -4.39. The Balaban J connectivity index is 1.45. The lowest BCUT2D eigenvalue weighted by Gasteiger charge is -2.13. The number of methoxy groups -OCH3 is 1. The highest BCUT2D eigenvalue weighted by molar-refractivity contribution is 6.32. The van der Waals surface area contributed by atoms with Crippen LogP contribution in [0.2, 0.25) is 0 Å². The van der Waals surface area contributed by atoms with E-state index in [1.807, 2.05) is 62.4 Å². The first-order chi connectivity index (χ1) is 16.9. The molecule has 2 amide bonds. The number of para-hydroxylation sites is 1. The molecule has 4 rings (SSSR count). The van der Waals surface area contributed by atoms with Gasteiger partial charge in [-0.05, 0) is 79.9 Å². The molecule has 1 aliphatic heterocycles. The van der Waals surface area contributed by atoms with Crippen molar-refractivity contribution in [2.45, 2.75) is 20.8 Å². The minimum Gasteiger partial charge on any atom is -0.493 e. The van der Waals surface area contributed by atoms with Crippen molar-refractivity contribution < 1.29 is 19.1 Å². The number of amides is 2. The number of benzene rings is 3. The molecule has 0 aromatic heterocycles. The number of hydrogen-bond donors (Lipinski definition) is 1. The maximum Gasteiger partial charge on any atom is 0.280 e.